The minimum absolute atomic E-state index is 0.325. The molecule has 0 atom stereocenters. The van der Waals surface area contributed by atoms with Crippen LogP contribution in [0.15, 0.2) is 18.3 Å². The fourth-order valence-corrected chi connectivity index (χ4v) is 1.55. The molecule has 1 heterocycles. The zero-order valence-corrected chi connectivity index (χ0v) is 11.3. The van der Waals surface area contributed by atoms with Crippen molar-refractivity contribution in [1.82, 2.24) is 10.3 Å². The molecule has 5 heteroatoms. The minimum Gasteiger partial charge on any atom is -0.462 e. The number of ether oxygens (including phenoxy) is 1. The first kappa shape index (κ1) is 14.4. The van der Waals surface area contributed by atoms with Crippen LogP contribution in [0.5, 0.6) is 0 Å². The second kappa shape index (κ2) is 7.66. The van der Waals surface area contributed by atoms with E-state index in [4.69, 9.17) is 4.74 Å². The van der Waals surface area contributed by atoms with Gasteiger partial charge in [-0.05, 0) is 39.1 Å². The standard InChI is InChI=1S/C13H21N3O2/c1-4-18-13(17)11-6-7-12(15-10-11)16(3)9-5-8-14-2/h6-7,10,14H,4-5,8-9H2,1-3H3. The Bertz CT molecular complexity index is 365. The van der Waals surface area contributed by atoms with Crippen LogP contribution in [0.25, 0.3) is 0 Å². The molecule has 0 radical (unpaired) electrons. The van der Waals surface area contributed by atoms with Gasteiger partial charge >= 0.3 is 5.97 Å². The minimum atomic E-state index is -0.325. The Morgan fingerprint density at radius 2 is 2.28 bits per heavy atom. The Kier molecular flexibility index (Phi) is 6.14. The maximum atomic E-state index is 11.5. The predicted molar refractivity (Wildman–Crippen MR) is 72.0 cm³/mol. The molecule has 0 bridgehead atoms. The second-order valence-electron chi connectivity index (χ2n) is 4.00. The van der Waals surface area contributed by atoms with E-state index < -0.39 is 0 Å². The van der Waals surface area contributed by atoms with Gasteiger partial charge in [0.15, 0.2) is 0 Å². The lowest BCUT2D eigenvalue weighted by molar-refractivity contribution is 0.0526. The molecule has 100 valence electrons. The van der Waals surface area contributed by atoms with Crippen LogP contribution in [-0.4, -0.2) is 44.7 Å². The van der Waals surface area contributed by atoms with Gasteiger partial charge in [-0.3, -0.25) is 0 Å². The molecule has 1 rings (SSSR count). The predicted octanol–water partition coefficient (Wildman–Crippen LogP) is 1.30. The first-order valence-electron chi connectivity index (χ1n) is 6.18. The Labute approximate surface area is 108 Å². The Morgan fingerprint density at radius 3 is 2.83 bits per heavy atom. The van der Waals surface area contributed by atoms with Crippen LogP contribution in [0.1, 0.15) is 23.7 Å². The number of nitrogens with zero attached hydrogens (tertiary/aromatic N) is 2. The number of nitrogens with one attached hydrogen (secondary N) is 1. The van der Waals surface area contributed by atoms with E-state index in [1.54, 1.807) is 19.2 Å². The molecule has 0 unspecified atom stereocenters. The molecule has 0 aromatic carbocycles. The number of aromatic nitrogens is 1. The molecular formula is C13H21N3O2. The summed E-state index contributed by atoms with van der Waals surface area (Å²) in [4.78, 5) is 17.8. The third kappa shape index (κ3) is 4.33. The highest BCUT2D eigenvalue weighted by atomic mass is 16.5. The largest absolute Gasteiger partial charge is 0.462 e. The van der Waals surface area contributed by atoms with Gasteiger partial charge in [0.1, 0.15) is 5.82 Å². The van der Waals surface area contributed by atoms with E-state index in [0.717, 1.165) is 25.3 Å². The molecule has 1 aromatic rings. The van der Waals surface area contributed by atoms with E-state index in [9.17, 15) is 4.79 Å². The summed E-state index contributed by atoms with van der Waals surface area (Å²) >= 11 is 0. The Hall–Kier alpha value is -1.62. The van der Waals surface area contributed by atoms with Crippen molar-refractivity contribution in [3.8, 4) is 0 Å². The van der Waals surface area contributed by atoms with Crippen molar-refractivity contribution >= 4 is 11.8 Å². The van der Waals surface area contributed by atoms with Crippen molar-refractivity contribution < 1.29 is 9.53 Å². The highest BCUT2D eigenvalue weighted by Gasteiger charge is 2.08. The van der Waals surface area contributed by atoms with Crippen molar-refractivity contribution in [3.05, 3.63) is 23.9 Å². The van der Waals surface area contributed by atoms with Crippen LogP contribution in [0.4, 0.5) is 5.82 Å². The van der Waals surface area contributed by atoms with Gasteiger partial charge < -0.3 is 15.0 Å². The van der Waals surface area contributed by atoms with Crippen molar-refractivity contribution in [1.29, 1.82) is 0 Å². The first-order chi connectivity index (χ1) is 8.69. The fraction of sp³-hybridized carbons (Fsp3) is 0.538. The number of pyridine rings is 1. The lowest BCUT2D eigenvalue weighted by atomic mass is 10.3. The van der Waals surface area contributed by atoms with Crippen molar-refractivity contribution in [2.24, 2.45) is 0 Å². The first-order valence-corrected chi connectivity index (χ1v) is 6.18. The van der Waals surface area contributed by atoms with Crippen LogP contribution in [0, 0.1) is 0 Å². The van der Waals surface area contributed by atoms with Gasteiger partial charge in [0.2, 0.25) is 0 Å². The van der Waals surface area contributed by atoms with Gasteiger partial charge in [-0.2, -0.15) is 0 Å². The molecule has 1 N–H and O–H groups in total. The summed E-state index contributed by atoms with van der Waals surface area (Å²) in [5.74, 6) is 0.536. The normalized spacial score (nSPS) is 10.2. The number of rotatable bonds is 7. The number of hydrogen-bond acceptors (Lipinski definition) is 5. The third-order valence-corrected chi connectivity index (χ3v) is 2.57. The fourth-order valence-electron chi connectivity index (χ4n) is 1.55. The van der Waals surface area contributed by atoms with Gasteiger partial charge in [-0.25, -0.2) is 9.78 Å². The molecule has 18 heavy (non-hydrogen) atoms. The van der Waals surface area contributed by atoms with Gasteiger partial charge in [0.05, 0.1) is 12.2 Å². The SMILES string of the molecule is CCOC(=O)c1ccc(N(C)CCCNC)nc1. The lowest BCUT2D eigenvalue weighted by Crippen LogP contribution is -2.23. The topological polar surface area (TPSA) is 54.5 Å². The lowest BCUT2D eigenvalue weighted by Gasteiger charge is -2.17. The number of carbonyl (C=O) groups excluding carboxylic acids is 1. The Balaban J connectivity index is 2.56. The van der Waals surface area contributed by atoms with Crippen LogP contribution in [0.2, 0.25) is 0 Å². The molecular weight excluding hydrogens is 230 g/mol. The van der Waals surface area contributed by atoms with Gasteiger partial charge in [-0.1, -0.05) is 0 Å². The average Bonchev–Trinajstić information content (AvgIpc) is 2.39. The summed E-state index contributed by atoms with van der Waals surface area (Å²) in [5.41, 5.74) is 0.490. The smallest absolute Gasteiger partial charge is 0.339 e. The van der Waals surface area contributed by atoms with Crippen molar-refractivity contribution in [2.75, 3.05) is 38.7 Å². The van der Waals surface area contributed by atoms with Crippen LogP contribution in [-0.2, 0) is 4.74 Å². The van der Waals surface area contributed by atoms with Crippen LogP contribution >= 0.6 is 0 Å². The molecule has 0 aliphatic rings. The molecule has 0 saturated carbocycles. The van der Waals surface area contributed by atoms with Gasteiger partial charge in [-0.15, -0.1) is 0 Å². The zero-order chi connectivity index (χ0) is 13.4. The van der Waals surface area contributed by atoms with Crippen molar-refractivity contribution in [3.63, 3.8) is 0 Å². The molecule has 0 aliphatic carbocycles. The monoisotopic (exact) mass is 251 g/mol. The van der Waals surface area contributed by atoms with E-state index in [0.29, 0.717) is 12.2 Å². The average molecular weight is 251 g/mol. The Morgan fingerprint density at radius 1 is 1.50 bits per heavy atom. The molecule has 0 amide bonds. The number of carbonyl (C=O) groups is 1. The van der Waals surface area contributed by atoms with E-state index in [1.807, 2.05) is 20.2 Å². The molecule has 0 saturated heterocycles. The van der Waals surface area contributed by atoms with Crippen LogP contribution in [0.3, 0.4) is 0 Å². The molecule has 5 nitrogen and oxygen atoms in total. The number of esters is 1. The summed E-state index contributed by atoms with van der Waals surface area (Å²) in [7, 11) is 3.93. The highest BCUT2D eigenvalue weighted by molar-refractivity contribution is 5.89. The van der Waals surface area contributed by atoms with E-state index in [1.165, 1.54) is 0 Å². The summed E-state index contributed by atoms with van der Waals surface area (Å²) in [6.45, 7) is 4.07. The zero-order valence-electron chi connectivity index (χ0n) is 11.3. The summed E-state index contributed by atoms with van der Waals surface area (Å²) in [6.07, 6.45) is 2.61. The third-order valence-electron chi connectivity index (χ3n) is 2.57. The van der Waals surface area contributed by atoms with Gasteiger partial charge in [0, 0.05) is 19.8 Å². The van der Waals surface area contributed by atoms with Gasteiger partial charge in [0.25, 0.3) is 0 Å². The molecule has 0 fully saturated rings. The number of anilines is 1. The second-order valence-corrected chi connectivity index (χ2v) is 4.00. The summed E-state index contributed by atoms with van der Waals surface area (Å²) < 4.78 is 4.91. The van der Waals surface area contributed by atoms with E-state index >= 15 is 0 Å². The molecule has 1 aromatic heterocycles. The number of hydrogen-bond donors (Lipinski definition) is 1. The van der Waals surface area contributed by atoms with Crippen LogP contribution < -0.4 is 10.2 Å². The summed E-state index contributed by atoms with van der Waals surface area (Å²) in [5, 5.41) is 3.10. The molecule has 0 aliphatic heterocycles. The molecule has 0 spiro atoms. The van der Waals surface area contributed by atoms with E-state index in [-0.39, 0.29) is 5.97 Å². The maximum Gasteiger partial charge on any atom is 0.339 e. The van der Waals surface area contributed by atoms with Crippen molar-refractivity contribution in [2.45, 2.75) is 13.3 Å². The summed E-state index contributed by atoms with van der Waals surface area (Å²) in [6, 6.07) is 3.58. The highest BCUT2D eigenvalue weighted by Crippen LogP contribution is 2.10. The maximum absolute atomic E-state index is 11.5. The van der Waals surface area contributed by atoms with E-state index in [2.05, 4.69) is 15.2 Å². The quantitative estimate of drug-likeness (QED) is 0.585.